The van der Waals surface area contributed by atoms with Gasteiger partial charge in [0, 0.05) is 12.8 Å². The van der Waals surface area contributed by atoms with E-state index in [4.69, 9.17) is 18.5 Å². The number of phosphoric ester groups is 1. The van der Waals surface area contributed by atoms with Crippen LogP contribution in [0.2, 0.25) is 0 Å². The molecule has 0 aromatic carbocycles. The van der Waals surface area contributed by atoms with Crippen molar-refractivity contribution >= 4 is 19.8 Å². The lowest BCUT2D eigenvalue weighted by atomic mass is 10.1. The lowest BCUT2D eigenvalue weighted by molar-refractivity contribution is -0.870. The number of unbranched alkanes of at least 4 members (excludes halogenated alkanes) is 9. The minimum atomic E-state index is -4.41. The summed E-state index contributed by atoms with van der Waals surface area (Å²) in [6.07, 6.45) is 47.7. The van der Waals surface area contributed by atoms with Gasteiger partial charge in [-0.3, -0.25) is 18.6 Å². The Morgan fingerprint density at radius 3 is 1.56 bits per heavy atom. The van der Waals surface area contributed by atoms with Crippen LogP contribution in [0.4, 0.5) is 0 Å². The van der Waals surface area contributed by atoms with E-state index in [1.165, 1.54) is 25.7 Å². The highest BCUT2D eigenvalue weighted by molar-refractivity contribution is 7.47. The third-order valence-corrected chi connectivity index (χ3v) is 9.90. The second-order valence-electron chi connectivity index (χ2n) is 16.0. The molecule has 0 saturated carbocycles. The van der Waals surface area contributed by atoms with Crippen LogP contribution in [-0.2, 0) is 32.7 Å². The normalized spacial score (nSPS) is 14.9. The monoisotopic (exact) mass is 849 g/mol. The maximum absolute atomic E-state index is 12.7. The number of aliphatic hydroxyl groups is 1. The van der Waals surface area contributed by atoms with E-state index < -0.39 is 32.5 Å². The van der Waals surface area contributed by atoms with Crippen molar-refractivity contribution in [1.29, 1.82) is 0 Å². The summed E-state index contributed by atoms with van der Waals surface area (Å²) in [7, 11) is 1.39. The lowest BCUT2D eigenvalue weighted by Crippen LogP contribution is -2.37. The molecule has 0 fully saturated rings. The number of esters is 2. The molecule has 0 aromatic rings. The van der Waals surface area contributed by atoms with E-state index >= 15 is 0 Å². The Balaban J connectivity index is 4.51. The van der Waals surface area contributed by atoms with Crippen LogP contribution in [0.5, 0.6) is 0 Å². The number of phosphoric acid groups is 1. The number of aliphatic hydroxyl groups excluding tert-OH is 1. The number of hydrogen-bond donors (Lipinski definition) is 2. The molecule has 0 heterocycles. The maximum Gasteiger partial charge on any atom is 0.472 e. The molecule has 59 heavy (non-hydrogen) atoms. The van der Waals surface area contributed by atoms with E-state index in [0.29, 0.717) is 30.3 Å². The highest BCUT2D eigenvalue weighted by Crippen LogP contribution is 2.43. The number of likely N-dealkylation sites (N-methyl/N-ethyl adjacent to an activating group) is 1. The second-order valence-corrected chi connectivity index (χ2v) is 17.5. The number of carbonyl (C=O) groups excluding carboxylic acids is 2. The number of allylic oxidation sites excluding steroid dienone is 14. The smallest absolute Gasteiger partial charge is 0.462 e. The summed E-state index contributed by atoms with van der Waals surface area (Å²) in [4.78, 5) is 35.4. The summed E-state index contributed by atoms with van der Waals surface area (Å²) in [6, 6.07) is 0. The first-order valence-corrected chi connectivity index (χ1v) is 23.8. The molecule has 0 aliphatic carbocycles. The molecule has 1 unspecified atom stereocenters. The van der Waals surface area contributed by atoms with Gasteiger partial charge in [0.15, 0.2) is 6.10 Å². The standard InChI is InChI=1S/C48H82NO9P/c1-6-7-8-9-10-11-12-13-14-15-18-21-24-27-30-33-36-39-47(51)55-43-46(44-57-59(53,54)56-42-41-49(3,4)5)58-48(52)40-37-34-31-28-25-22-19-16-17-20-23-26-29-32-35-38-45(2)50/h10-11,13-14,17-22,26,28-29,31,45-46,50H,6-9,12,15-16,23-25,27,30,32-44H2,1-5H3/p+1/b11-10-,14-13-,20-17-,21-18-,22-19-,29-26-,31-28-/t45-,46+/m0/s1. The lowest BCUT2D eigenvalue weighted by Gasteiger charge is -2.24. The largest absolute Gasteiger partial charge is 0.472 e. The summed E-state index contributed by atoms with van der Waals surface area (Å²) in [5.74, 6) is -0.915. The molecule has 0 aliphatic heterocycles. The zero-order valence-corrected chi connectivity index (χ0v) is 38.5. The van der Waals surface area contributed by atoms with Crippen LogP contribution in [0.3, 0.4) is 0 Å². The Kier molecular flexibility index (Phi) is 37.4. The zero-order chi connectivity index (χ0) is 43.7. The predicted octanol–water partition coefficient (Wildman–Crippen LogP) is 11.8. The fourth-order valence-electron chi connectivity index (χ4n) is 5.38. The SMILES string of the molecule is CCCCC/C=C\C/C=C\C/C=C\CCCCCCC(=O)OC[C@H](COP(=O)(O)OCC[N+](C)(C)C)OC(=O)CCC/C=C\C/C=C\C/C=C\C/C=C\CCC[C@H](C)O. The number of carbonyl (C=O) groups is 2. The van der Waals surface area contributed by atoms with Gasteiger partial charge in [0.2, 0.25) is 0 Å². The van der Waals surface area contributed by atoms with Gasteiger partial charge in [-0.25, -0.2) is 4.57 Å². The van der Waals surface area contributed by atoms with Gasteiger partial charge in [-0.15, -0.1) is 0 Å². The van der Waals surface area contributed by atoms with E-state index in [2.05, 4.69) is 85.9 Å². The van der Waals surface area contributed by atoms with Crippen molar-refractivity contribution in [2.24, 2.45) is 0 Å². The molecule has 0 amide bonds. The van der Waals surface area contributed by atoms with Crippen molar-refractivity contribution in [2.45, 2.75) is 161 Å². The summed E-state index contributed by atoms with van der Waals surface area (Å²) in [5, 5.41) is 9.28. The van der Waals surface area contributed by atoms with E-state index in [0.717, 1.165) is 77.0 Å². The molecule has 0 spiro atoms. The number of hydrogen-bond acceptors (Lipinski definition) is 8. The summed E-state index contributed by atoms with van der Waals surface area (Å²) >= 11 is 0. The van der Waals surface area contributed by atoms with E-state index in [1.807, 2.05) is 34.1 Å². The molecule has 2 N–H and O–H groups in total. The number of nitrogens with zero attached hydrogens (tertiary/aromatic N) is 1. The van der Waals surface area contributed by atoms with Crippen LogP contribution in [0.25, 0.3) is 0 Å². The Bertz CT molecular complexity index is 1290. The van der Waals surface area contributed by atoms with Crippen molar-refractivity contribution in [2.75, 3.05) is 47.5 Å². The second kappa shape index (κ2) is 39.3. The van der Waals surface area contributed by atoms with Gasteiger partial charge in [0.25, 0.3) is 0 Å². The molecule has 0 radical (unpaired) electrons. The topological polar surface area (TPSA) is 129 Å². The molecule has 10 nitrogen and oxygen atoms in total. The molecule has 0 aromatic heterocycles. The highest BCUT2D eigenvalue weighted by Gasteiger charge is 2.27. The first-order chi connectivity index (χ1) is 28.3. The molecule has 0 bridgehead atoms. The molecule has 0 aliphatic rings. The Labute approximate surface area is 359 Å². The number of ether oxygens (including phenoxy) is 2. The quantitative estimate of drug-likeness (QED) is 0.0204. The summed E-state index contributed by atoms with van der Waals surface area (Å²) in [6.45, 7) is 3.82. The van der Waals surface area contributed by atoms with Crippen LogP contribution >= 0.6 is 7.82 Å². The Morgan fingerprint density at radius 2 is 1.05 bits per heavy atom. The van der Waals surface area contributed by atoms with Crippen LogP contribution < -0.4 is 0 Å². The van der Waals surface area contributed by atoms with Gasteiger partial charge in [-0.1, -0.05) is 118 Å². The van der Waals surface area contributed by atoms with Gasteiger partial charge in [0.1, 0.15) is 19.8 Å². The van der Waals surface area contributed by atoms with Gasteiger partial charge < -0.3 is 24.0 Å². The Morgan fingerprint density at radius 1 is 0.593 bits per heavy atom. The van der Waals surface area contributed by atoms with Gasteiger partial charge in [-0.2, -0.15) is 0 Å². The highest BCUT2D eigenvalue weighted by atomic mass is 31.2. The molecule has 338 valence electrons. The van der Waals surface area contributed by atoms with Gasteiger partial charge in [0.05, 0.1) is 33.9 Å². The molecule has 0 saturated heterocycles. The van der Waals surface area contributed by atoms with Crippen LogP contribution in [0.1, 0.15) is 149 Å². The average Bonchev–Trinajstić information content (AvgIpc) is 3.17. The van der Waals surface area contributed by atoms with Crippen molar-refractivity contribution in [1.82, 2.24) is 0 Å². The van der Waals surface area contributed by atoms with Crippen molar-refractivity contribution in [3.63, 3.8) is 0 Å². The third kappa shape index (κ3) is 44.5. The van der Waals surface area contributed by atoms with E-state index in [9.17, 15) is 24.2 Å². The molecule has 0 rings (SSSR count). The van der Waals surface area contributed by atoms with E-state index in [-0.39, 0.29) is 32.2 Å². The zero-order valence-electron chi connectivity index (χ0n) is 37.6. The maximum atomic E-state index is 12.7. The first kappa shape index (κ1) is 56.1. The van der Waals surface area contributed by atoms with E-state index in [1.54, 1.807) is 0 Å². The molecular weight excluding hydrogens is 765 g/mol. The van der Waals surface area contributed by atoms with Crippen LogP contribution in [0.15, 0.2) is 85.1 Å². The minimum absolute atomic E-state index is 0.00716. The van der Waals surface area contributed by atoms with Gasteiger partial charge >= 0.3 is 19.8 Å². The molecule has 11 heteroatoms. The summed E-state index contributed by atoms with van der Waals surface area (Å²) < 4.78 is 34.2. The number of rotatable bonds is 39. The van der Waals surface area contributed by atoms with Crippen LogP contribution in [-0.4, -0.2) is 86.1 Å². The summed E-state index contributed by atoms with van der Waals surface area (Å²) in [5.41, 5.74) is 0. The molecule has 3 atom stereocenters. The average molecular weight is 849 g/mol. The Hall–Kier alpha value is -2.85. The first-order valence-electron chi connectivity index (χ1n) is 22.3. The fraction of sp³-hybridized carbons (Fsp3) is 0.667. The van der Waals surface area contributed by atoms with Crippen molar-refractivity contribution in [3.05, 3.63) is 85.1 Å². The van der Waals surface area contributed by atoms with Gasteiger partial charge in [-0.05, 0) is 103 Å². The number of quaternary nitrogens is 1. The van der Waals surface area contributed by atoms with Crippen LogP contribution in [0, 0.1) is 0 Å². The third-order valence-electron chi connectivity index (χ3n) is 8.92. The predicted molar refractivity (Wildman–Crippen MR) is 244 cm³/mol. The minimum Gasteiger partial charge on any atom is -0.462 e. The van der Waals surface area contributed by atoms with Crippen molar-refractivity contribution in [3.8, 4) is 0 Å². The van der Waals surface area contributed by atoms with Crippen molar-refractivity contribution < 1.29 is 47.2 Å². The fourth-order valence-corrected chi connectivity index (χ4v) is 6.12. The molecular formula is C48H83NO9P+.